The molecule has 1 aromatic rings. The second-order valence-corrected chi connectivity index (χ2v) is 4.80. The molecule has 0 saturated heterocycles. The van der Waals surface area contributed by atoms with Crippen LogP contribution in [0.15, 0.2) is 24.3 Å². The SMILES string of the molecule is CC(c1ccc(F)cc1)N(C)C(=O)C1CCC1. The highest BCUT2D eigenvalue weighted by Gasteiger charge is 2.29. The van der Waals surface area contributed by atoms with Gasteiger partial charge in [-0.05, 0) is 37.5 Å². The number of amides is 1. The number of nitrogens with zero attached hydrogens (tertiary/aromatic N) is 1. The summed E-state index contributed by atoms with van der Waals surface area (Å²) in [5, 5.41) is 0. The molecule has 1 aliphatic rings. The van der Waals surface area contributed by atoms with Gasteiger partial charge in [-0.15, -0.1) is 0 Å². The van der Waals surface area contributed by atoms with Crippen molar-refractivity contribution in [2.75, 3.05) is 7.05 Å². The molecule has 1 saturated carbocycles. The van der Waals surface area contributed by atoms with Gasteiger partial charge in [0.15, 0.2) is 0 Å². The monoisotopic (exact) mass is 235 g/mol. The molecule has 0 radical (unpaired) electrons. The molecule has 3 heteroatoms. The normalized spacial score (nSPS) is 17.4. The molecule has 0 spiro atoms. The maximum Gasteiger partial charge on any atom is 0.225 e. The van der Waals surface area contributed by atoms with E-state index in [9.17, 15) is 9.18 Å². The van der Waals surface area contributed by atoms with E-state index in [2.05, 4.69) is 0 Å². The van der Waals surface area contributed by atoms with Crippen LogP contribution in [0.25, 0.3) is 0 Å². The van der Waals surface area contributed by atoms with Crippen LogP contribution in [0.5, 0.6) is 0 Å². The molecule has 92 valence electrons. The molecule has 1 fully saturated rings. The molecule has 1 unspecified atom stereocenters. The third-order valence-corrected chi connectivity index (χ3v) is 3.74. The topological polar surface area (TPSA) is 20.3 Å². The summed E-state index contributed by atoms with van der Waals surface area (Å²) in [6.07, 6.45) is 3.19. The minimum absolute atomic E-state index is 0.00343. The number of carbonyl (C=O) groups is 1. The highest BCUT2D eigenvalue weighted by Crippen LogP contribution is 2.30. The fourth-order valence-electron chi connectivity index (χ4n) is 2.10. The van der Waals surface area contributed by atoms with Gasteiger partial charge in [-0.3, -0.25) is 4.79 Å². The van der Waals surface area contributed by atoms with Crippen LogP contribution in [0.2, 0.25) is 0 Å². The van der Waals surface area contributed by atoms with E-state index in [1.165, 1.54) is 12.1 Å². The largest absolute Gasteiger partial charge is 0.339 e. The smallest absolute Gasteiger partial charge is 0.225 e. The first-order valence-corrected chi connectivity index (χ1v) is 6.11. The van der Waals surface area contributed by atoms with Crippen molar-refractivity contribution in [1.29, 1.82) is 0 Å². The van der Waals surface area contributed by atoms with E-state index >= 15 is 0 Å². The molecule has 2 nitrogen and oxygen atoms in total. The fraction of sp³-hybridized carbons (Fsp3) is 0.500. The first-order valence-electron chi connectivity index (χ1n) is 6.11. The van der Waals surface area contributed by atoms with E-state index in [1.54, 1.807) is 17.0 Å². The van der Waals surface area contributed by atoms with Crippen LogP contribution in [0.4, 0.5) is 4.39 Å². The molecule has 0 bridgehead atoms. The summed E-state index contributed by atoms with van der Waals surface area (Å²) in [7, 11) is 1.83. The Balaban J connectivity index is 2.05. The summed E-state index contributed by atoms with van der Waals surface area (Å²) < 4.78 is 12.8. The molecular weight excluding hydrogens is 217 g/mol. The van der Waals surface area contributed by atoms with Crippen molar-refractivity contribution >= 4 is 5.91 Å². The summed E-state index contributed by atoms with van der Waals surface area (Å²) in [5.41, 5.74) is 0.974. The van der Waals surface area contributed by atoms with Crippen LogP contribution in [-0.4, -0.2) is 17.9 Å². The van der Waals surface area contributed by atoms with E-state index in [0.717, 1.165) is 24.8 Å². The van der Waals surface area contributed by atoms with Crippen molar-refractivity contribution in [1.82, 2.24) is 4.90 Å². The second-order valence-electron chi connectivity index (χ2n) is 4.80. The van der Waals surface area contributed by atoms with Crippen molar-refractivity contribution in [2.24, 2.45) is 5.92 Å². The molecule has 17 heavy (non-hydrogen) atoms. The minimum Gasteiger partial charge on any atom is -0.339 e. The zero-order valence-corrected chi connectivity index (χ0v) is 10.3. The minimum atomic E-state index is -0.242. The standard InChI is InChI=1S/C14H18FNO/c1-10(11-6-8-13(15)9-7-11)16(2)14(17)12-4-3-5-12/h6-10,12H,3-5H2,1-2H3. The first kappa shape index (κ1) is 12.1. The van der Waals surface area contributed by atoms with E-state index in [-0.39, 0.29) is 23.7 Å². The zero-order valence-electron chi connectivity index (χ0n) is 10.3. The quantitative estimate of drug-likeness (QED) is 0.788. The van der Waals surface area contributed by atoms with Gasteiger partial charge in [-0.1, -0.05) is 18.6 Å². The zero-order chi connectivity index (χ0) is 12.4. The van der Waals surface area contributed by atoms with Gasteiger partial charge in [0, 0.05) is 13.0 Å². The Bertz CT molecular complexity index is 397. The van der Waals surface area contributed by atoms with Crippen LogP contribution in [-0.2, 0) is 4.79 Å². The Morgan fingerprint density at radius 2 is 1.94 bits per heavy atom. The van der Waals surface area contributed by atoms with Crippen molar-refractivity contribution in [2.45, 2.75) is 32.2 Å². The molecular formula is C14H18FNO. The van der Waals surface area contributed by atoms with Gasteiger partial charge in [0.25, 0.3) is 0 Å². The fourth-order valence-corrected chi connectivity index (χ4v) is 2.10. The number of hydrogen-bond acceptors (Lipinski definition) is 1. The van der Waals surface area contributed by atoms with Crippen LogP contribution in [0.3, 0.4) is 0 Å². The van der Waals surface area contributed by atoms with Crippen LogP contribution < -0.4 is 0 Å². The Morgan fingerprint density at radius 1 is 1.35 bits per heavy atom. The van der Waals surface area contributed by atoms with Crippen LogP contribution in [0.1, 0.15) is 37.8 Å². The summed E-state index contributed by atoms with van der Waals surface area (Å²) in [5.74, 6) is 0.185. The van der Waals surface area contributed by atoms with Crippen LogP contribution in [0, 0.1) is 11.7 Å². The lowest BCUT2D eigenvalue weighted by Gasteiger charge is -2.33. The summed E-state index contributed by atoms with van der Waals surface area (Å²) >= 11 is 0. The maximum atomic E-state index is 12.8. The van der Waals surface area contributed by atoms with Gasteiger partial charge in [0.1, 0.15) is 5.82 Å². The predicted octanol–water partition coefficient (Wildman–Crippen LogP) is 3.15. The summed E-state index contributed by atoms with van der Waals surface area (Å²) in [6.45, 7) is 1.98. The van der Waals surface area contributed by atoms with Crippen molar-refractivity contribution in [3.63, 3.8) is 0 Å². The van der Waals surface area contributed by atoms with Gasteiger partial charge < -0.3 is 4.90 Å². The maximum absolute atomic E-state index is 12.8. The average molecular weight is 235 g/mol. The molecule has 1 aromatic carbocycles. The molecule has 2 rings (SSSR count). The van der Waals surface area contributed by atoms with Crippen LogP contribution >= 0.6 is 0 Å². The number of carbonyl (C=O) groups excluding carboxylic acids is 1. The highest BCUT2D eigenvalue weighted by atomic mass is 19.1. The second kappa shape index (κ2) is 4.86. The molecule has 1 atom stereocenters. The Hall–Kier alpha value is -1.38. The van der Waals surface area contributed by atoms with Gasteiger partial charge in [0.2, 0.25) is 5.91 Å². The number of hydrogen-bond donors (Lipinski definition) is 0. The molecule has 0 aliphatic heterocycles. The lowest BCUT2D eigenvalue weighted by Crippen LogP contribution is -2.37. The average Bonchev–Trinajstić information content (AvgIpc) is 2.25. The third-order valence-electron chi connectivity index (χ3n) is 3.74. The Morgan fingerprint density at radius 3 is 2.41 bits per heavy atom. The van der Waals surface area contributed by atoms with Crippen molar-refractivity contribution in [3.8, 4) is 0 Å². The van der Waals surface area contributed by atoms with Gasteiger partial charge in [0.05, 0.1) is 6.04 Å². The highest BCUT2D eigenvalue weighted by molar-refractivity contribution is 5.79. The van der Waals surface area contributed by atoms with Crippen molar-refractivity contribution < 1.29 is 9.18 Å². The molecule has 1 aliphatic carbocycles. The summed E-state index contributed by atoms with van der Waals surface area (Å²) in [4.78, 5) is 13.8. The molecule has 0 N–H and O–H groups in total. The first-order chi connectivity index (χ1) is 8.09. The number of halogens is 1. The van der Waals surface area contributed by atoms with Gasteiger partial charge in [-0.25, -0.2) is 4.39 Å². The van der Waals surface area contributed by atoms with E-state index in [0.29, 0.717) is 0 Å². The van der Waals surface area contributed by atoms with E-state index < -0.39 is 0 Å². The lowest BCUT2D eigenvalue weighted by molar-refractivity contribution is -0.138. The third kappa shape index (κ3) is 2.48. The lowest BCUT2D eigenvalue weighted by atomic mass is 9.84. The van der Waals surface area contributed by atoms with E-state index in [4.69, 9.17) is 0 Å². The van der Waals surface area contributed by atoms with E-state index in [1.807, 2.05) is 14.0 Å². The van der Waals surface area contributed by atoms with Gasteiger partial charge in [-0.2, -0.15) is 0 Å². The Kier molecular flexibility index (Phi) is 3.46. The predicted molar refractivity (Wildman–Crippen MR) is 64.9 cm³/mol. The molecule has 1 amide bonds. The Labute approximate surface area is 101 Å². The number of rotatable bonds is 3. The molecule has 0 aromatic heterocycles. The number of benzene rings is 1. The van der Waals surface area contributed by atoms with Crippen molar-refractivity contribution in [3.05, 3.63) is 35.6 Å². The summed E-state index contributed by atoms with van der Waals surface area (Å²) in [6, 6.07) is 6.36. The molecule has 0 heterocycles. The van der Waals surface area contributed by atoms with Gasteiger partial charge >= 0.3 is 0 Å².